The number of allylic oxidation sites excluding steroid dienone is 4. The summed E-state index contributed by atoms with van der Waals surface area (Å²) in [6.45, 7) is 12.2. The molecule has 1 unspecified atom stereocenters. The second-order valence-electron chi connectivity index (χ2n) is 4.16. The molecule has 0 amide bonds. The van der Waals surface area contributed by atoms with Crippen molar-refractivity contribution in [1.82, 2.24) is 0 Å². The van der Waals surface area contributed by atoms with Crippen LogP contribution in [0.25, 0.3) is 0 Å². The second kappa shape index (κ2) is 8.08. The first-order valence-electron chi connectivity index (χ1n) is 6.15. The van der Waals surface area contributed by atoms with Crippen LogP contribution in [0.15, 0.2) is 45.6 Å². The molecule has 0 aromatic rings. The molecule has 0 saturated heterocycles. The van der Waals surface area contributed by atoms with Gasteiger partial charge in [0, 0.05) is 15.6 Å². The molecule has 104 valence electrons. The van der Waals surface area contributed by atoms with Gasteiger partial charge in [-0.25, -0.2) is 0 Å². The summed E-state index contributed by atoms with van der Waals surface area (Å²) in [4.78, 5) is 15.1. The molecule has 1 nitrogen and oxygen atoms in total. The van der Waals surface area contributed by atoms with Crippen LogP contribution in [-0.2, 0) is 4.79 Å². The first-order chi connectivity index (χ1) is 9.03. The summed E-state index contributed by atoms with van der Waals surface area (Å²) in [5.41, 5.74) is 1.20. The summed E-state index contributed by atoms with van der Waals surface area (Å²) in [6.07, 6.45) is 6.77. The molecule has 0 spiro atoms. The van der Waals surface area contributed by atoms with Crippen molar-refractivity contribution in [1.29, 1.82) is 0 Å². The molecule has 0 aliphatic carbocycles. The minimum atomic E-state index is 0.0434. The molecule has 19 heavy (non-hydrogen) atoms. The minimum Gasteiger partial charge on any atom is -0.287 e. The zero-order chi connectivity index (χ0) is 14.4. The van der Waals surface area contributed by atoms with Crippen LogP contribution in [0.2, 0.25) is 0 Å². The fourth-order valence-electron chi connectivity index (χ4n) is 1.66. The third kappa shape index (κ3) is 4.62. The lowest BCUT2D eigenvalue weighted by Gasteiger charge is -2.10. The zero-order valence-corrected chi connectivity index (χ0v) is 14.1. The van der Waals surface area contributed by atoms with Crippen LogP contribution in [0.4, 0.5) is 0 Å². The highest BCUT2D eigenvalue weighted by Crippen LogP contribution is 2.43. The van der Waals surface area contributed by atoms with E-state index in [1.807, 2.05) is 12.3 Å². The molecule has 0 fully saturated rings. The third-order valence-corrected chi connectivity index (χ3v) is 6.24. The first-order valence-corrected chi connectivity index (χ1v) is 9.17. The molecule has 0 bridgehead atoms. The van der Waals surface area contributed by atoms with Crippen LogP contribution in [0.1, 0.15) is 20.3 Å². The molecular formula is C15H20OS3. The maximum atomic E-state index is 11.7. The predicted molar refractivity (Wildman–Crippen MR) is 92.5 cm³/mol. The highest BCUT2D eigenvalue weighted by atomic mass is 32.2. The Labute approximate surface area is 129 Å². The topological polar surface area (TPSA) is 17.1 Å². The van der Waals surface area contributed by atoms with E-state index in [9.17, 15) is 4.79 Å². The zero-order valence-electron chi connectivity index (χ0n) is 11.7. The van der Waals surface area contributed by atoms with Crippen LogP contribution in [0.3, 0.4) is 0 Å². The Hall–Kier alpha value is -0.320. The lowest BCUT2D eigenvalue weighted by atomic mass is 10.2. The van der Waals surface area contributed by atoms with Gasteiger partial charge in [0.05, 0.1) is 5.92 Å². The van der Waals surface area contributed by atoms with Crippen LogP contribution in [-0.4, -0.2) is 17.1 Å². The van der Waals surface area contributed by atoms with E-state index in [0.29, 0.717) is 0 Å². The van der Waals surface area contributed by atoms with Gasteiger partial charge in [-0.3, -0.25) is 4.79 Å². The maximum absolute atomic E-state index is 11.7. The van der Waals surface area contributed by atoms with Crippen molar-refractivity contribution in [2.75, 3.05) is 12.0 Å². The monoisotopic (exact) mass is 312 g/mol. The average Bonchev–Trinajstić information content (AvgIpc) is 2.92. The fourth-order valence-corrected chi connectivity index (χ4v) is 4.41. The van der Waals surface area contributed by atoms with Crippen LogP contribution < -0.4 is 0 Å². The van der Waals surface area contributed by atoms with Crippen molar-refractivity contribution >= 4 is 40.4 Å². The second-order valence-corrected chi connectivity index (χ2v) is 7.22. The summed E-state index contributed by atoms with van der Waals surface area (Å²) in [5.74, 6) is 0.891. The predicted octanol–water partition coefficient (Wildman–Crippen LogP) is 5.24. The summed E-state index contributed by atoms with van der Waals surface area (Å²) in [7, 11) is 0. The van der Waals surface area contributed by atoms with Crippen LogP contribution in [0.5, 0.6) is 0 Å². The lowest BCUT2D eigenvalue weighted by Crippen LogP contribution is -2.06. The van der Waals surface area contributed by atoms with Crippen molar-refractivity contribution in [3.05, 3.63) is 45.6 Å². The van der Waals surface area contributed by atoms with Gasteiger partial charge in [0.25, 0.3) is 0 Å². The molecule has 0 radical (unpaired) electrons. The van der Waals surface area contributed by atoms with Crippen molar-refractivity contribution in [3.8, 4) is 0 Å². The van der Waals surface area contributed by atoms with E-state index >= 15 is 0 Å². The standard InChI is InChI=1S/C15H20OS3/c1-6-10(3)13(7-2)19-11(4)14-8-12(9-18-14)15(16)17-5/h6,8,12H,1,4,7,9H2,2-3,5H3/b13-10+. The van der Waals surface area contributed by atoms with Crippen molar-refractivity contribution in [2.45, 2.75) is 20.3 Å². The van der Waals surface area contributed by atoms with Gasteiger partial charge in [-0.1, -0.05) is 55.8 Å². The van der Waals surface area contributed by atoms with Crippen molar-refractivity contribution < 1.29 is 4.79 Å². The first kappa shape index (κ1) is 16.7. The van der Waals surface area contributed by atoms with E-state index in [-0.39, 0.29) is 11.0 Å². The van der Waals surface area contributed by atoms with Gasteiger partial charge in [0.15, 0.2) is 5.12 Å². The number of carbonyl (C=O) groups excluding carboxylic acids is 1. The van der Waals surface area contributed by atoms with Crippen molar-refractivity contribution in [3.63, 3.8) is 0 Å². The Balaban J connectivity index is 2.75. The Morgan fingerprint density at radius 2 is 2.32 bits per heavy atom. The molecule has 1 atom stereocenters. The fraction of sp³-hybridized carbons (Fsp3) is 0.400. The molecule has 1 heterocycles. The SMILES string of the molecule is C=C/C(C)=C(\CC)SC(=C)C1=CC(C(=O)SC)CS1. The van der Waals surface area contributed by atoms with E-state index in [4.69, 9.17) is 0 Å². The molecule has 1 aliphatic heterocycles. The van der Waals surface area contributed by atoms with E-state index in [0.717, 1.165) is 22.0 Å². The third-order valence-electron chi connectivity index (χ3n) is 2.86. The summed E-state index contributed by atoms with van der Waals surface area (Å²) in [6, 6.07) is 0. The Bertz CT molecular complexity index is 446. The van der Waals surface area contributed by atoms with Gasteiger partial charge >= 0.3 is 0 Å². The van der Waals surface area contributed by atoms with Gasteiger partial charge in [-0.15, -0.1) is 11.8 Å². The van der Waals surface area contributed by atoms with Gasteiger partial charge in [0.2, 0.25) is 0 Å². The Morgan fingerprint density at radius 3 is 2.84 bits per heavy atom. The smallest absolute Gasteiger partial charge is 0.196 e. The molecule has 0 saturated carbocycles. The molecule has 0 aromatic heterocycles. The van der Waals surface area contributed by atoms with Gasteiger partial charge in [-0.05, 0) is 30.1 Å². The van der Waals surface area contributed by atoms with Gasteiger partial charge < -0.3 is 0 Å². The number of carbonyl (C=O) groups is 1. The Morgan fingerprint density at radius 1 is 1.63 bits per heavy atom. The van der Waals surface area contributed by atoms with Crippen LogP contribution >= 0.6 is 35.3 Å². The number of hydrogen-bond acceptors (Lipinski definition) is 4. The molecule has 4 heteroatoms. The molecular weight excluding hydrogens is 292 g/mol. The lowest BCUT2D eigenvalue weighted by molar-refractivity contribution is -0.112. The molecule has 0 N–H and O–H groups in total. The average molecular weight is 313 g/mol. The molecule has 0 aromatic carbocycles. The largest absolute Gasteiger partial charge is 0.287 e. The molecule has 1 rings (SSSR count). The normalized spacial score (nSPS) is 19.7. The molecule has 1 aliphatic rings. The van der Waals surface area contributed by atoms with E-state index in [1.54, 1.807) is 23.5 Å². The quantitative estimate of drug-likeness (QED) is 0.623. The van der Waals surface area contributed by atoms with E-state index in [2.05, 4.69) is 33.1 Å². The van der Waals surface area contributed by atoms with Gasteiger partial charge in [-0.2, -0.15) is 0 Å². The maximum Gasteiger partial charge on any atom is 0.196 e. The highest BCUT2D eigenvalue weighted by molar-refractivity contribution is 8.13. The number of rotatable bonds is 6. The summed E-state index contributed by atoms with van der Waals surface area (Å²) < 4.78 is 0. The summed E-state index contributed by atoms with van der Waals surface area (Å²) >= 11 is 4.74. The van der Waals surface area contributed by atoms with Crippen LogP contribution in [0, 0.1) is 5.92 Å². The van der Waals surface area contributed by atoms with Gasteiger partial charge in [0.1, 0.15) is 0 Å². The Kier molecular flexibility index (Phi) is 7.11. The van der Waals surface area contributed by atoms with Crippen molar-refractivity contribution in [2.24, 2.45) is 5.92 Å². The number of hydrogen-bond donors (Lipinski definition) is 0. The van der Waals surface area contributed by atoms with E-state index in [1.165, 1.54) is 22.2 Å². The summed E-state index contributed by atoms with van der Waals surface area (Å²) in [5, 5.41) is 0.244. The van der Waals surface area contributed by atoms with E-state index < -0.39 is 0 Å². The highest BCUT2D eigenvalue weighted by Gasteiger charge is 2.24. The minimum absolute atomic E-state index is 0.0434. The number of thioether (sulfide) groups is 3.